The Kier molecular flexibility index (Phi) is 3.73. The van der Waals surface area contributed by atoms with Crippen LogP contribution in [0.2, 0.25) is 0 Å². The lowest BCUT2D eigenvalue weighted by Crippen LogP contribution is -2.06. The van der Waals surface area contributed by atoms with Crippen molar-refractivity contribution in [1.82, 2.24) is 10.1 Å². The van der Waals surface area contributed by atoms with Crippen LogP contribution >= 0.6 is 0 Å². The Balaban J connectivity index is 2.15. The molecule has 0 amide bonds. The van der Waals surface area contributed by atoms with Crippen LogP contribution in [0.5, 0.6) is 0 Å². The molecule has 8 heteroatoms. The van der Waals surface area contributed by atoms with E-state index in [4.69, 9.17) is 4.52 Å². The van der Waals surface area contributed by atoms with E-state index in [1.807, 2.05) is 0 Å². The molecule has 0 aliphatic rings. The highest BCUT2D eigenvalue weighted by atomic mass is 19.2. The number of aromatic nitrogens is 2. The van der Waals surface area contributed by atoms with Gasteiger partial charge in [-0.05, 0) is 0 Å². The Morgan fingerprint density at radius 3 is 2.09 bits per heavy atom. The summed E-state index contributed by atoms with van der Waals surface area (Å²) in [6.45, 7) is 0. The van der Waals surface area contributed by atoms with Gasteiger partial charge in [-0.3, -0.25) is 0 Å². The molecule has 3 aromatic rings. The number of benzene rings is 2. The number of nitrogens with one attached hydrogen (secondary N) is 1. The summed E-state index contributed by atoms with van der Waals surface area (Å²) in [6, 6.07) is 8.45. The van der Waals surface area contributed by atoms with Gasteiger partial charge in [0.15, 0.2) is 23.3 Å². The van der Waals surface area contributed by atoms with Crippen molar-refractivity contribution < 1.29 is 22.1 Å². The minimum atomic E-state index is -1.61. The van der Waals surface area contributed by atoms with Crippen molar-refractivity contribution in [2.75, 3.05) is 12.4 Å². The van der Waals surface area contributed by atoms with Gasteiger partial charge in [-0.15, -0.1) is 0 Å². The molecular weight excluding hydrogens is 314 g/mol. The summed E-state index contributed by atoms with van der Waals surface area (Å²) in [5.74, 6) is -6.98. The van der Waals surface area contributed by atoms with E-state index in [1.165, 1.54) is 0 Å². The zero-order chi connectivity index (χ0) is 16.6. The quantitative estimate of drug-likeness (QED) is 0.585. The molecule has 0 fully saturated rings. The molecule has 118 valence electrons. The third kappa shape index (κ3) is 2.41. The normalized spacial score (nSPS) is 10.8. The number of hydrogen-bond acceptors (Lipinski definition) is 4. The second-order valence-corrected chi connectivity index (χ2v) is 4.55. The fourth-order valence-electron chi connectivity index (χ4n) is 2.07. The Labute approximate surface area is 127 Å². The molecular formula is C15H9F4N3O. The maximum Gasteiger partial charge on any atom is 0.264 e. The van der Waals surface area contributed by atoms with Gasteiger partial charge in [0.2, 0.25) is 5.82 Å². The van der Waals surface area contributed by atoms with E-state index >= 15 is 0 Å². The van der Waals surface area contributed by atoms with Crippen molar-refractivity contribution in [1.29, 1.82) is 0 Å². The van der Waals surface area contributed by atoms with Crippen LogP contribution in [-0.2, 0) is 0 Å². The van der Waals surface area contributed by atoms with Gasteiger partial charge in [0.1, 0.15) is 11.3 Å². The van der Waals surface area contributed by atoms with Gasteiger partial charge in [0.05, 0.1) is 0 Å². The second-order valence-electron chi connectivity index (χ2n) is 4.55. The van der Waals surface area contributed by atoms with Gasteiger partial charge in [-0.1, -0.05) is 35.5 Å². The maximum atomic E-state index is 14.0. The largest absolute Gasteiger partial charge is 0.383 e. The first-order chi connectivity index (χ1) is 11.0. The minimum absolute atomic E-state index is 0.0397. The predicted octanol–water partition coefficient (Wildman–Crippen LogP) is 4.00. The minimum Gasteiger partial charge on any atom is -0.383 e. The molecule has 0 atom stereocenters. The lowest BCUT2D eigenvalue weighted by atomic mass is 10.1. The average molecular weight is 323 g/mol. The van der Waals surface area contributed by atoms with Crippen molar-refractivity contribution in [3.05, 3.63) is 53.6 Å². The van der Waals surface area contributed by atoms with Crippen LogP contribution in [0.4, 0.5) is 23.2 Å². The Morgan fingerprint density at radius 2 is 1.52 bits per heavy atom. The zero-order valence-electron chi connectivity index (χ0n) is 11.7. The van der Waals surface area contributed by atoms with Gasteiger partial charge < -0.3 is 9.84 Å². The Bertz CT molecular complexity index is 836. The molecule has 0 unspecified atom stereocenters. The van der Waals surface area contributed by atoms with E-state index in [0.29, 0.717) is 5.56 Å². The first-order valence-electron chi connectivity index (χ1n) is 6.47. The molecule has 2 aromatic carbocycles. The molecule has 0 bridgehead atoms. The number of halogens is 4. The summed E-state index contributed by atoms with van der Waals surface area (Å²) >= 11 is 0. The number of nitrogens with zero attached hydrogens (tertiary/aromatic N) is 2. The maximum absolute atomic E-state index is 14.0. The first kappa shape index (κ1) is 15.0. The third-order valence-electron chi connectivity index (χ3n) is 3.19. The lowest BCUT2D eigenvalue weighted by molar-refractivity contribution is 0.415. The van der Waals surface area contributed by atoms with E-state index < -0.39 is 40.4 Å². The van der Waals surface area contributed by atoms with E-state index in [-0.39, 0.29) is 5.82 Å². The van der Waals surface area contributed by atoms with Crippen molar-refractivity contribution in [3.63, 3.8) is 0 Å². The molecule has 4 nitrogen and oxygen atoms in total. The molecule has 1 N–H and O–H groups in total. The van der Waals surface area contributed by atoms with Crippen molar-refractivity contribution in [3.8, 4) is 22.8 Å². The second kappa shape index (κ2) is 5.71. The Morgan fingerprint density at radius 1 is 0.913 bits per heavy atom. The molecule has 3 rings (SSSR count). The molecule has 0 radical (unpaired) electrons. The summed E-state index contributed by atoms with van der Waals surface area (Å²) in [5.41, 5.74) is -1.43. The highest BCUT2D eigenvalue weighted by Gasteiger charge is 2.29. The highest BCUT2D eigenvalue weighted by Crippen LogP contribution is 2.34. The van der Waals surface area contributed by atoms with Crippen LogP contribution in [0.1, 0.15) is 0 Å². The standard InChI is InChI=1S/C15H9F4N3O/c1-20-13-11(18)9(16)8(10(17)12(13)19)15-21-14(22-23-15)7-5-3-2-4-6-7/h2-6,20H,1H3. The number of hydrogen-bond donors (Lipinski definition) is 1. The number of rotatable bonds is 3. The van der Waals surface area contributed by atoms with Gasteiger partial charge in [0, 0.05) is 12.6 Å². The van der Waals surface area contributed by atoms with Crippen LogP contribution in [0.25, 0.3) is 22.8 Å². The van der Waals surface area contributed by atoms with Crippen LogP contribution in [0, 0.1) is 23.3 Å². The smallest absolute Gasteiger partial charge is 0.264 e. The molecule has 1 aromatic heterocycles. The third-order valence-corrected chi connectivity index (χ3v) is 3.19. The van der Waals surface area contributed by atoms with Crippen molar-refractivity contribution >= 4 is 5.69 Å². The van der Waals surface area contributed by atoms with Crippen LogP contribution in [-0.4, -0.2) is 17.2 Å². The summed E-state index contributed by atoms with van der Waals surface area (Å²) in [6.07, 6.45) is 0. The molecule has 0 saturated heterocycles. The topological polar surface area (TPSA) is 51.0 Å². The number of anilines is 1. The fourth-order valence-corrected chi connectivity index (χ4v) is 2.07. The van der Waals surface area contributed by atoms with Crippen molar-refractivity contribution in [2.24, 2.45) is 0 Å². The summed E-state index contributed by atoms with van der Waals surface area (Å²) in [7, 11) is 1.14. The summed E-state index contributed by atoms with van der Waals surface area (Å²) in [5, 5.41) is 5.63. The highest BCUT2D eigenvalue weighted by molar-refractivity contribution is 5.64. The van der Waals surface area contributed by atoms with Crippen LogP contribution in [0.15, 0.2) is 34.9 Å². The van der Waals surface area contributed by atoms with E-state index in [9.17, 15) is 17.6 Å². The molecule has 0 spiro atoms. The van der Waals surface area contributed by atoms with E-state index in [1.54, 1.807) is 30.3 Å². The zero-order valence-corrected chi connectivity index (χ0v) is 11.7. The van der Waals surface area contributed by atoms with Crippen LogP contribution in [0.3, 0.4) is 0 Å². The first-order valence-corrected chi connectivity index (χ1v) is 6.47. The predicted molar refractivity (Wildman–Crippen MR) is 74.5 cm³/mol. The SMILES string of the molecule is CNc1c(F)c(F)c(-c2nc(-c3ccccc3)no2)c(F)c1F. The molecule has 0 aliphatic carbocycles. The van der Waals surface area contributed by atoms with E-state index in [0.717, 1.165) is 7.05 Å². The molecule has 0 aliphatic heterocycles. The summed E-state index contributed by atoms with van der Waals surface area (Å²) < 4.78 is 60.4. The monoisotopic (exact) mass is 323 g/mol. The van der Waals surface area contributed by atoms with Gasteiger partial charge in [0.25, 0.3) is 5.89 Å². The average Bonchev–Trinajstić information content (AvgIpc) is 3.04. The van der Waals surface area contributed by atoms with Gasteiger partial charge >= 0.3 is 0 Å². The Hall–Kier alpha value is -2.90. The van der Waals surface area contributed by atoms with E-state index in [2.05, 4.69) is 15.5 Å². The molecule has 0 saturated carbocycles. The molecule has 1 heterocycles. The van der Waals surface area contributed by atoms with Gasteiger partial charge in [-0.2, -0.15) is 4.98 Å². The summed E-state index contributed by atoms with van der Waals surface area (Å²) in [4.78, 5) is 3.80. The van der Waals surface area contributed by atoms with Crippen LogP contribution < -0.4 is 5.32 Å². The van der Waals surface area contributed by atoms with Gasteiger partial charge in [-0.25, -0.2) is 17.6 Å². The lowest BCUT2D eigenvalue weighted by Gasteiger charge is -2.08. The fraction of sp³-hybridized carbons (Fsp3) is 0.0667. The molecule has 23 heavy (non-hydrogen) atoms. The van der Waals surface area contributed by atoms with Crippen molar-refractivity contribution in [2.45, 2.75) is 0 Å².